The molecule has 3 nitrogen and oxygen atoms in total. The van der Waals surface area contributed by atoms with Crippen LogP contribution in [-0.2, 0) is 9.53 Å². The summed E-state index contributed by atoms with van der Waals surface area (Å²) in [5, 5.41) is 2.74. The van der Waals surface area contributed by atoms with Gasteiger partial charge in [-0.05, 0) is 12.5 Å². The minimum Gasteiger partial charge on any atom is -0.383 e. The molecule has 0 saturated carbocycles. The van der Waals surface area contributed by atoms with Gasteiger partial charge in [0.25, 0.3) is 0 Å². The minimum atomic E-state index is -0.145. The summed E-state index contributed by atoms with van der Waals surface area (Å²) in [6.45, 7) is 5.90. The minimum absolute atomic E-state index is 0.102. The van der Waals surface area contributed by atoms with Crippen molar-refractivity contribution in [2.45, 2.75) is 19.4 Å². The Kier molecular flexibility index (Phi) is 5.47. The first-order valence-electron chi connectivity index (χ1n) is 3.66. The molecule has 0 bridgehead atoms. The van der Waals surface area contributed by atoms with Crippen molar-refractivity contribution in [1.82, 2.24) is 5.32 Å². The molecule has 1 N–H and O–H groups in total. The zero-order valence-corrected chi connectivity index (χ0v) is 7.09. The topological polar surface area (TPSA) is 38.3 Å². The molecule has 1 unspecified atom stereocenters. The van der Waals surface area contributed by atoms with Crippen LogP contribution in [0.15, 0.2) is 12.7 Å². The average Bonchev–Trinajstić information content (AvgIpc) is 2.03. The Labute approximate surface area is 67.4 Å². The first-order chi connectivity index (χ1) is 5.24. The highest BCUT2D eigenvalue weighted by Crippen LogP contribution is 1.90. The molecule has 0 radical (unpaired) electrons. The fourth-order valence-electron chi connectivity index (χ4n) is 0.723. The number of carbonyl (C=O) groups is 1. The quantitative estimate of drug-likeness (QED) is 0.597. The molecule has 1 amide bonds. The largest absolute Gasteiger partial charge is 0.383 e. The van der Waals surface area contributed by atoms with Gasteiger partial charge in [-0.1, -0.05) is 13.5 Å². The van der Waals surface area contributed by atoms with E-state index in [9.17, 15) is 4.79 Å². The molecule has 0 fully saturated rings. The maximum atomic E-state index is 10.8. The summed E-state index contributed by atoms with van der Waals surface area (Å²) in [5.41, 5.74) is 0. The number of nitrogens with one attached hydrogen (secondary N) is 1. The molecule has 0 aliphatic carbocycles. The zero-order chi connectivity index (χ0) is 8.69. The van der Waals surface area contributed by atoms with Gasteiger partial charge in [-0.2, -0.15) is 0 Å². The molecule has 0 aliphatic rings. The monoisotopic (exact) mass is 157 g/mol. The Morgan fingerprint density at radius 3 is 2.82 bits per heavy atom. The molecule has 3 heteroatoms. The van der Waals surface area contributed by atoms with Gasteiger partial charge >= 0.3 is 0 Å². The predicted molar refractivity (Wildman–Crippen MR) is 44.3 cm³/mol. The Bertz CT molecular complexity index is 134. The number of hydrogen-bond donors (Lipinski definition) is 1. The third kappa shape index (κ3) is 4.56. The summed E-state index contributed by atoms with van der Waals surface area (Å²) >= 11 is 0. The van der Waals surface area contributed by atoms with E-state index >= 15 is 0 Å². The second-order valence-electron chi connectivity index (χ2n) is 2.27. The second-order valence-corrected chi connectivity index (χ2v) is 2.27. The molecule has 0 rings (SSSR count). The van der Waals surface area contributed by atoms with Crippen LogP contribution in [0, 0.1) is 0 Å². The van der Waals surface area contributed by atoms with Crippen LogP contribution >= 0.6 is 0 Å². The van der Waals surface area contributed by atoms with Crippen molar-refractivity contribution in [1.29, 1.82) is 0 Å². The molecule has 1 atom stereocenters. The van der Waals surface area contributed by atoms with Gasteiger partial charge in [-0.15, -0.1) is 0 Å². The third-order valence-corrected chi connectivity index (χ3v) is 1.39. The van der Waals surface area contributed by atoms with Crippen molar-refractivity contribution >= 4 is 5.91 Å². The third-order valence-electron chi connectivity index (χ3n) is 1.39. The van der Waals surface area contributed by atoms with Gasteiger partial charge < -0.3 is 10.1 Å². The Balaban J connectivity index is 3.67. The summed E-state index contributed by atoms with van der Waals surface area (Å²) in [5.74, 6) is -0.145. The lowest BCUT2D eigenvalue weighted by molar-refractivity contribution is -0.117. The molecule has 0 saturated heterocycles. The highest BCUT2D eigenvalue weighted by Gasteiger charge is 2.06. The number of methoxy groups -OCH3 is 1. The maximum Gasteiger partial charge on any atom is 0.243 e. The van der Waals surface area contributed by atoms with E-state index in [0.717, 1.165) is 6.42 Å². The summed E-state index contributed by atoms with van der Waals surface area (Å²) in [4.78, 5) is 10.8. The van der Waals surface area contributed by atoms with Crippen LogP contribution in [0.3, 0.4) is 0 Å². The lowest BCUT2D eigenvalue weighted by Crippen LogP contribution is -2.36. The Morgan fingerprint density at radius 2 is 2.45 bits per heavy atom. The van der Waals surface area contributed by atoms with Crippen LogP contribution in [-0.4, -0.2) is 25.7 Å². The van der Waals surface area contributed by atoms with Gasteiger partial charge in [-0.25, -0.2) is 0 Å². The van der Waals surface area contributed by atoms with E-state index in [4.69, 9.17) is 4.74 Å². The SMILES string of the molecule is C=CC(=O)NC(CC)COC. The van der Waals surface area contributed by atoms with E-state index in [1.807, 2.05) is 6.92 Å². The molecule has 0 aliphatic heterocycles. The normalized spacial score (nSPS) is 12.2. The number of carbonyl (C=O) groups excluding carboxylic acids is 1. The fourth-order valence-corrected chi connectivity index (χ4v) is 0.723. The lowest BCUT2D eigenvalue weighted by Gasteiger charge is -2.13. The zero-order valence-electron chi connectivity index (χ0n) is 7.09. The maximum absolute atomic E-state index is 10.8. The lowest BCUT2D eigenvalue weighted by atomic mass is 10.2. The van der Waals surface area contributed by atoms with Gasteiger partial charge in [0.1, 0.15) is 0 Å². The Hall–Kier alpha value is -0.830. The highest BCUT2D eigenvalue weighted by atomic mass is 16.5. The van der Waals surface area contributed by atoms with Crippen LogP contribution in [0.5, 0.6) is 0 Å². The van der Waals surface area contributed by atoms with Crippen molar-refractivity contribution in [3.63, 3.8) is 0 Å². The molecule has 0 aromatic carbocycles. The molecular weight excluding hydrogens is 142 g/mol. The van der Waals surface area contributed by atoms with Crippen LogP contribution in [0.1, 0.15) is 13.3 Å². The van der Waals surface area contributed by atoms with E-state index in [0.29, 0.717) is 6.61 Å². The number of amides is 1. The van der Waals surface area contributed by atoms with E-state index in [2.05, 4.69) is 11.9 Å². The van der Waals surface area contributed by atoms with Gasteiger partial charge in [0.05, 0.1) is 12.6 Å². The number of hydrogen-bond acceptors (Lipinski definition) is 2. The van der Waals surface area contributed by atoms with Crippen LogP contribution in [0.25, 0.3) is 0 Å². The van der Waals surface area contributed by atoms with E-state index in [1.165, 1.54) is 6.08 Å². The van der Waals surface area contributed by atoms with Crippen molar-refractivity contribution in [2.75, 3.05) is 13.7 Å². The van der Waals surface area contributed by atoms with Crippen molar-refractivity contribution in [3.05, 3.63) is 12.7 Å². The average molecular weight is 157 g/mol. The van der Waals surface area contributed by atoms with E-state index < -0.39 is 0 Å². The van der Waals surface area contributed by atoms with Crippen LogP contribution in [0.4, 0.5) is 0 Å². The molecule has 64 valence electrons. The summed E-state index contributed by atoms with van der Waals surface area (Å²) in [6.07, 6.45) is 2.13. The smallest absolute Gasteiger partial charge is 0.243 e. The van der Waals surface area contributed by atoms with Gasteiger partial charge in [0.2, 0.25) is 5.91 Å². The van der Waals surface area contributed by atoms with Gasteiger partial charge in [-0.3, -0.25) is 4.79 Å². The highest BCUT2D eigenvalue weighted by molar-refractivity contribution is 5.87. The molecule has 0 aromatic heterocycles. The van der Waals surface area contributed by atoms with Crippen LogP contribution in [0.2, 0.25) is 0 Å². The predicted octanol–water partition coefficient (Wildman–Crippen LogP) is 0.714. The fraction of sp³-hybridized carbons (Fsp3) is 0.625. The molecular formula is C8H15NO2. The van der Waals surface area contributed by atoms with E-state index in [1.54, 1.807) is 7.11 Å². The first-order valence-corrected chi connectivity index (χ1v) is 3.66. The van der Waals surface area contributed by atoms with E-state index in [-0.39, 0.29) is 11.9 Å². The van der Waals surface area contributed by atoms with Gasteiger partial charge in [0, 0.05) is 7.11 Å². The summed E-state index contributed by atoms with van der Waals surface area (Å²) in [6, 6.07) is 0.102. The molecule has 0 spiro atoms. The molecule has 0 aromatic rings. The summed E-state index contributed by atoms with van der Waals surface area (Å²) in [7, 11) is 1.61. The molecule has 11 heavy (non-hydrogen) atoms. The van der Waals surface area contributed by atoms with Crippen LogP contribution < -0.4 is 5.32 Å². The second kappa shape index (κ2) is 5.92. The van der Waals surface area contributed by atoms with Gasteiger partial charge in [0.15, 0.2) is 0 Å². The number of ether oxygens (including phenoxy) is 1. The molecule has 0 heterocycles. The first kappa shape index (κ1) is 10.2. The van der Waals surface area contributed by atoms with Crippen molar-refractivity contribution in [3.8, 4) is 0 Å². The Morgan fingerprint density at radius 1 is 1.82 bits per heavy atom. The van der Waals surface area contributed by atoms with Crippen molar-refractivity contribution in [2.24, 2.45) is 0 Å². The number of rotatable bonds is 5. The standard InChI is InChI=1S/C8H15NO2/c1-4-7(6-11-3)9-8(10)5-2/h5,7H,2,4,6H2,1,3H3,(H,9,10). The summed E-state index contributed by atoms with van der Waals surface area (Å²) < 4.78 is 4.89. The van der Waals surface area contributed by atoms with Crippen molar-refractivity contribution < 1.29 is 9.53 Å².